The molecule has 2 unspecified atom stereocenters. The number of fused-ring (bicyclic) bond motifs is 2. The number of alkyl halides is 3. The van der Waals surface area contributed by atoms with E-state index in [1.165, 1.54) is 0 Å². The van der Waals surface area contributed by atoms with E-state index in [9.17, 15) is 22.8 Å². The molecule has 198 valence electrons. The molecule has 0 spiro atoms. The van der Waals surface area contributed by atoms with Crippen LogP contribution in [0.5, 0.6) is 0 Å². The molecule has 2 aromatic rings. The van der Waals surface area contributed by atoms with Crippen LogP contribution in [0.25, 0.3) is 0 Å². The lowest BCUT2D eigenvalue weighted by Gasteiger charge is -2.36. The minimum atomic E-state index is -4.48. The highest BCUT2D eigenvalue weighted by molar-refractivity contribution is 6.02. The molecule has 1 fully saturated rings. The molecule has 2 atom stereocenters. The zero-order valence-corrected chi connectivity index (χ0v) is 21.0. The Balaban J connectivity index is 1.30. The van der Waals surface area contributed by atoms with Crippen molar-refractivity contribution in [2.75, 3.05) is 38.7 Å². The number of nitrogens with one attached hydrogen (secondary N) is 1. The molecule has 0 saturated carbocycles. The van der Waals surface area contributed by atoms with Crippen molar-refractivity contribution in [3.63, 3.8) is 0 Å². The first-order valence-corrected chi connectivity index (χ1v) is 12.6. The molecule has 1 aromatic carbocycles. The van der Waals surface area contributed by atoms with E-state index in [-0.39, 0.29) is 30.9 Å². The first-order valence-electron chi connectivity index (χ1n) is 12.6. The Hall–Kier alpha value is -2.98. The van der Waals surface area contributed by atoms with Crippen LogP contribution in [-0.2, 0) is 40.0 Å². The predicted molar refractivity (Wildman–Crippen MR) is 131 cm³/mol. The van der Waals surface area contributed by atoms with Crippen molar-refractivity contribution in [2.24, 2.45) is 5.41 Å². The van der Waals surface area contributed by atoms with Crippen molar-refractivity contribution in [1.82, 2.24) is 14.8 Å². The van der Waals surface area contributed by atoms with Gasteiger partial charge in [0, 0.05) is 57.3 Å². The largest absolute Gasteiger partial charge is 0.417 e. The Morgan fingerprint density at radius 1 is 1.27 bits per heavy atom. The van der Waals surface area contributed by atoms with E-state index in [2.05, 4.69) is 15.2 Å². The summed E-state index contributed by atoms with van der Waals surface area (Å²) >= 11 is 0. The van der Waals surface area contributed by atoms with Gasteiger partial charge in [0.2, 0.25) is 11.8 Å². The van der Waals surface area contributed by atoms with Gasteiger partial charge in [-0.25, -0.2) is 0 Å². The minimum Gasteiger partial charge on any atom is -0.384 e. The summed E-state index contributed by atoms with van der Waals surface area (Å²) in [6.45, 7) is 4.57. The summed E-state index contributed by atoms with van der Waals surface area (Å²) in [6, 6.07) is 7.16. The number of aromatic nitrogens is 1. The van der Waals surface area contributed by atoms with E-state index >= 15 is 0 Å². The highest BCUT2D eigenvalue weighted by Gasteiger charge is 2.47. The number of carbonyl (C=O) groups is 2. The Morgan fingerprint density at radius 3 is 2.81 bits per heavy atom. The number of pyridine rings is 1. The maximum absolute atomic E-state index is 13.8. The normalized spacial score (nSPS) is 23.6. The summed E-state index contributed by atoms with van der Waals surface area (Å²) in [7, 11) is 1.57. The molecule has 5 rings (SSSR count). The first-order chi connectivity index (χ1) is 17.6. The smallest absolute Gasteiger partial charge is 0.384 e. The van der Waals surface area contributed by atoms with Gasteiger partial charge in [-0.1, -0.05) is 19.1 Å². The second kappa shape index (κ2) is 9.72. The fourth-order valence-corrected chi connectivity index (χ4v) is 5.95. The van der Waals surface area contributed by atoms with Crippen LogP contribution in [0.2, 0.25) is 0 Å². The summed E-state index contributed by atoms with van der Waals surface area (Å²) in [5.74, 6) is -0.173. The summed E-state index contributed by atoms with van der Waals surface area (Å²) in [5.41, 5.74) is 2.42. The molecule has 1 saturated heterocycles. The van der Waals surface area contributed by atoms with Crippen LogP contribution in [0.3, 0.4) is 0 Å². The molecule has 1 aromatic heterocycles. The monoisotopic (exact) mass is 516 g/mol. The molecule has 4 heterocycles. The first kappa shape index (κ1) is 25.7. The Bertz CT molecular complexity index is 1220. The summed E-state index contributed by atoms with van der Waals surface area (Å²) in [6.07, 6.45) is -1.84. The van der Waals surface area contributed by atoms with Crippen molar-refractivity contribution < 1.29 is 27.5 Å². The third-order valence-electron chi connectivity index (χ3n) is 7.84. The van der Waals surface area contributed by atoms with E-state index in [4.69, 9.17) is 4.74 Å². The van der Waals surface area contributed by atoms with Gasteiger partial charge in [-0.05, 0) is 48.2 Å². The minimum absolute atomic E-state index is 0.0289. The average Bonchev–Trinajstić information content (AvgIpc) is 3.42. The number of anilines is 1. The molecule has 0 aliphatic carbocycles. The van der Waals surface area contributed by atoms with Crippen LogP contribution in [0.4, 0.5) is 18.9 Å². The third kappa shape index (κ3) is 4.84. The standard InChI is InChI=1S/C27H31F3N4O3/c1-3-20-21-5-4-17(10-23(21)32-24(20)35)13-33-9-7-26(15-33,16-37-2)25(36)34-8-6-22-18(14-34)11-19(12-31-22)27(28,29)30/h4-5,10-12,20H,3,6-9,13-16H2,1-2H3,(H,32,35). The van der Waals surface area contributed by atoms with Gasteiger partial charge in [-0.3, -0.25) is 19.5 Å². The van der Waals surface area contributed by atoms with E-state index < -0.39 is 17.2 Å². The molecule has 3 aliphatic rings. The number of hydrogen-bond donors (Lipinski definition) is 1. The van der Waals surface area contributed by atoms with Crippen LogP contribution in [-0.4, -0.2) is 59.9 Å². The highest BCUT2D eigenvalue weighted by atomic mass is 19.4. The summed E-state index contributed by atoms with van der Waals surface area (Å²) in [5, 5.41) is 2.97. The number of likely N-dealkylation sites (tertiary alicyclic amines) is 1. The van der Waals surface area contributed by atoms with Gasteiger partial charge in [0.05, 0.1) is 23.5 Å². The van der Waals surface area contributed by atoms with Gasteiger partial charge in [0.15, 0.2) is 0 Å². The number of hydrogen-bond acceptors (Lipinski definition) is 5. The van der Waals surface area contributed by atoms with Crippen molar-refractivity contribution in [3.8, 4) is 0 Å². The lowest BCUT2D eigenvalue weighted by atomic mass is 9.85. The molecule has 1 N–H and O–H groups in total. The molecular weight excluding hydrogens is 485 g/mol. The molecule has 3 aliphatic heterocycles. The van der Waals surface area contributed by atoms with Gasteiger partial charge in [0.1, 0.15) is 0 Å². The van der Waals surface area contributed by atoms with Crippen molar-refractivity contribution >= 4 is 17.5 Å². The lowest BCUT2D eigenvalue weighted by Crippen LogP contribution is -2.49. The van der Waals surface area contributed by atoms with Crippen LogP contribution in [0.1, 0.15) is 53.6 Å². The molecule has 37 heavy (non-hydrogen) atoms. The van der Waals surface area contributed by atoms with Crippen molar-refractivity contribution in [2.45, 2.75) is 51.4 Å². The molecule has 7 nitrogen and oxygen atoms in total. The predicted octanol–water partition coefficient (Wildman–Crippen LogP) is 3.97. The van der Waals surface area contributed by atoms with E-state index in [0.717, 1.165) is 35.5 Å². The van der Waals surface area contributed by atoms with E-state index in [1.54, 1.807) is 12.0 Å². The van der Waals surface area contributed by atoms with E-state index in [0.29, 0.717) is 50.3 Å². The number of nitrogens with zero attached hydrogens (tertiary/aromatic N) is 3. The van der Waals surface area contributed by atoms with Crippen LogP contribution in [0.15, 0.2) is 30.5 Å². The topological polar surface area (TPSA) is 74.8 Å². The summed E-state index contributed by atoms with van der Waals surface area (Å²) in [4.78, 5) is 33.9. The Labute approximate surface area is 214 Å². The number of ether oxygens (including phenoxy) is 1. The zero-order chi connectivity index (χ0) is 26.4. The Morgan fingerprint density at radius 2 is 2.08 bits per heavy atom. The molecular formula is C27H31F3N4O3. The van der Waals surface area contributed by atoms with Gasteiger partial charge in [-0.2, -0.15) is 13.2 Å². The average molecular weight is 517 g/mol. The van der Waals surface area contributed by atoms with Crippen LogP contribution < -0.4 is 5.32 Å². The number of amides is 2. The number of benzene rings is 1. The Kier molecular flexibility index (Phi) is 6.74. The van der Waals surface area contributed by atoms with Gasteiger partial charge in [-0.15, -0.1) is 0 Å². The van der Waals surface area contributed by atoms with Gasteiger partial charge < -0.3 is 15.0 Å². The molecule has 2 amide bonds. The number of rotatable bonds is 6. The number of methoxy groups -OCH3 is 1. The second-order valence-corrected chi connectivity index (χ2v) is 10.3. The maximum atomic E-state index is 13.8. The summed E-state index contributed by atoms with van der Waals surface area (Å²) < 4.78 is 45.1. The fourth-order valence-electron chi connectivity index (χ4n) is 5.95. The number of carbonyl (C=O) groups excluding carboxylic acids is 2. The lowest BCUT2D eigenvalue weighted by molar-refractivity contribution is -0.145. The third-order valence-corrected chi connectivity index (χ3v) is 7.84. The van der Waals surface area contributed by atoms with Crippen LogP contribution >= 0.6 is 0 Å². The maximum Gasteiger partial charge on any atom is 0.417 e. The van der Waals surface area contributed by atoms with Crippen molar-refractivity contribution in [3.05, 3.63) is 58.4 Å². The highest BCUT2D eigenvalue weighted by Crippen LogP contribution is 2.38. The fraction of sp³-hybridized carbons (Fsp3) is 0.519. The quantitative estimate of drug-likeness (QED) is 0.629. The zero-order valence-electron chi connectivity index (χ0n) is 21.0. The molecule has 10 heteroatoms. The van der Waals surface area contributed by atoms with Crippen molar-refractivity contribution in [1.29, 1.82) is 0 Å². The molecule has 0 radical (unpaired) electrons. The van der Waals surface area contributed by atoms with Crippen LogP contribution in [0, 0.1) is 5.41 Å². The molecule has 0 bridgehead atoms. The number of halogens is 3. The van der Waals surface area contributed by atoms with Gasteiger partial charge in [0.25, 0.3) is 0 Å². The SMILES string of the molecule is CCC1C(=O)Nc2cc(CN3CCC(COC)(C(=O)N4CCc5ncc(C(F)(F)F)cc5C4)C3)ccc21. The van der Waals surface area contributed by atoms with Gasteiger partial charge >= 0.3 is 6.18 Å². The van der Waals surface area contributed by atoms with E-state index in [1.807, 2.05) is 25.1 Å². The second-order valence-electron chi connectivity index (χ2n) is 10.3.